The quantitative estimate of drug-likeness (QED) is 0.261. The lowest BCUT2D eigenvalue weighted by Crippen LogP contribution is -2.52. The number of anilines is 1. The van der Waals surface area contributed by atoms with Crippen LogP contribution in [0.25, 0.3) is 0 Å². The maximum absolute atomic E-state index is 13.2. The first-order valence-corrected chi connectivity index (χ1v) is 12.7. The summed E-state index contributed by atoms with van der Waals surface area (Å²) in [5.74, 6) is -1.44. The zero-order chi connectivity index (χ0) is 26.5. The van der Waals surface area contributed by atoms with Gasteiger partial charge in [-0.3, -0.25) is 24.2 Å². The zero-order valence-electron chi connectivity index (χ0n) is 21.0. The first-order valence-electron chi connectivity index (χ1n) is 12.7. The Bertz CT molecular complexity index is 1300. The van der Waals surface area contributed by atoms with Gasteiger partial charge < -0.3 is 4.74 Å². The number of hydrogen-bond donors (Lipinski definition) is 0. The Labute approximate surface area is 221 Å². The van der Waals surface area contributed by atoms with Crippen molar-refractivity contribution in [1.82, 2.24) is 9.80 Å². The van der Waals surface area contributed by atoms with E-state index in [1.54, 1.807) is 42.5 Å². The molecule has 194 valence electrons. The normalized spacial score (nSPS) is 18.5. The highest BCUT2D eigenvalue weighted by atomic mass is 16.5. The number of hydrogen-bond acceptors (Lipinski definition) is 7. The molecule has 0 saturated carbocycles. The molecule has 5 rings (SSSR count). The van der Waals surface area contributed by atoms with E-state index in [1.165, 1.54) is 22.6 Å². The lowest BCUT2D eigenvalue weighted by molar-refractivity contribution is -0.123. The highest BCUT2D eigenvalue weighted by molar-refractivity contribution is 6.22. The molecule has 0 aromatic heterocycles. The van der Waals surface area contributed by atoms with E-state index in [0.29, 0.717) is 11.3 Å². The number of esters is 1. The van der Waals surface area contributed by atoms with Gasteiger partial charge in [0.15, 0.2) is 12.4 Å². The number of ketones is 1. The van der Waals surface area contributed by atoms with Crippen molar-refractivity contribution in [1.29, 1.82) is 0 Å². The van der Waals surface area contributed by atoms with Gasteiger partial charge in [0.05, 0.1) is 23.7 Å². The molecule has 1 atom stereocenters. The van der Waals surface area contributed by atoms with Crippen LogP contribution in [-0.2, 0) is 20.9 Å². The third-order valence-corrected chi connectivity index (χ3v) is 7.01. The number of carbonyl (C=O) groups excluding carboxylic acids is 4. The average Bonchev–Trinajstić information content (AvgIpc) is 3.26. The average molecular weight is 512 g/mol. The molecular weight excluding hydrogens is 482 g/mol. The highest BCUT2D eigenvalue weighted by Crippen LogP contribution is 2.27. The topological polar surface area (TPSA) is 87.2 Å². The molecule has 8 heteroatoms. The van der Waals surface area contributed by atoms with Crippen molar-refractivity contribution >= 4 is 29.3 Å². The fourth-order valence-corrected chi connectivity index (χ4v) is 4.92. The van der Waals surface area contributed by atoms with E-state index in [9.17, 15) is 19.2 Å². The summed E-state index contributed by atoms with van der Waals surface area (Å²) in [6.07, 6.45) is 0.142. The number of rotatable bonds is 8. The second-order valence-corrected chi connectivity index (χ2v) is 9.50. The SMILES string of the molecule is O=C(COC(=O)c1ccc(N2C(=O)CC(N3CCN(Cc4ccccc4)CC3)C2=O)cc1)c1ccccc1. The smallest absolute Gasteiger partial charge is 0.338 e. The van der Waals surface area contributed by atoms with Crippen molar-refractivity contribution in [2.45, 2.75) is 19.0 Å². The number of imide groups is 1. The molecule has 0 N–H and O–H groups in total. The van der Waals surface area contributed by atoms with E-state index < -0.39 is 12.0 Å². The van der Waals surface area contributed by atoms with Crippen LogP contribution in [0.15, 0.2) is 84.9 Å². The Morgan fingerprint density at radius 2 is 1.39 bits per heavy atom. The standard InChI is InChI=1S/C30H29N3O5/c34-27(23-9-5-2-6-10-23)21-38-30(37)24-11-13-25(14-12-24)33-28(35)19-26(29(33)36)32-17-15-31(16-18-32)20-22-7-3-1-4-8-22/h1-14,26H,15-21H2. The summed E-state index contributed by atoms with van der Waals surface area (Å²) in [5.41, 5.74) is 2.38. The Hall–Kier alpha value is -4.14. The first kappa shape index (κ1) is 25.5. The van der Waals surface area contributed by atoms with Crippen LogP contribution < -0.4 is 4.90 Å². The molecule has 2 amide bonds. The second-order valence-electron chi connectivity index (χ2n) is 9.50. The lowest BCUT2D eigenvalue weighted by atomic mass is 10.1. The molecule has 2 heterocycles. The summed E-state index contributed by atoms with van der Waals surface area (Å²) in [7, 11) is 0. The molecule has 2 aliphatic rings. The Morgan fingerprint density at radius 3 is 2.05 bits per heavy atom. The van der Waals surface area contributed by atoms with Gasteiger partial charge in [-0.1, -0.05) is 60.7 Å². The number of benzene rings is 3. The molecule has 2 saturated heterocycles. The van der Waals surface area contributed by atoms with Crippen molar-refractivity contribution < 1.29 is 23.9 Å². The number of amides is 2. The highest BCUT2D eigenvalue weighted by Gasteiger charge is 2.43. The third kappa shape index (κ3) is 5.72. The number of Topliss-reactive ketones (excluding diaryl/α,β-unsaturated/α-hetero) is 1. The van der Waals surface area contributed by atoms with Gasteiger partial charge in [-0.25, -0.2) is 9.69 Å². The molecule has 38 heavy (non-hydrogen) atoms. The summed E-state index contributed by atoms with van der Waals surface area (Å²) in [5, 5.41) is 0. The van der Waals surface area contributed by atoms with Crippen LogP contribution in [0.5, 0.6) is 0 Å². The minimum Gasteiger partial charge on any atom is -0.454 e. The summed E-state index contributed by atoms with van der Waals surface area (Å²) < 4.78 is 5.15. The maximum atomic E-state index is 13.2. The maximum Gasteiger partial charge on any atom is 0.338 e. The first-order chi connectivity index (χ1) is 18.5. The van der Waals surface area contributed by atoms with E-state index in [1.807, 2.05) is 18.2 Å². The van der Waals surface area contributed by atoms with Crippen LogP contribution in [-0.4, -0.2) is 72.2 Å². The molecule has 3 aromatic rings. The van der Waals surface area contributed by atoms with Crippen LogP contribution in [0.4, 0.5) is 5.69 Å². The van der Waals surface area contributed by atoms with Crippen LogP contribution in [0, 0.1) is 0 Å². The van der Waals surface area contributed by atoms with Crippen LogP contribution >= 0.6 is 0 Å². The van der Waals surface area contributed by atoms with Crippen LogP contribution in [0.1, 0.15) is 32.7 Å². The number of nitrogens with zero attached hydrogens (tertiary/aromatic N) is 3. The molecule has 3 aromatic carbocycles. The Morgan fingerprint density at radius 1 is 0.763 bits per heavy atom. The predicted molar refractivity (Wildman–Crippen MR) is 142 cm³/mol. The second kappa shape index (κ2) is 11.5. The number of carbonyl (C=O) groups is 4. The molecule has 8 nitrogen and oxygen atoms in total. The summed E-state index contributed by atoms with van der Waals surface area (Å²) >= 11 is 0. The number of piperazine rings is 1. The Balaban J connectivity index is 1.15. The van der Waals surface area contributed by atoms with Crippen molar-refractivity contribution in [3.8, 4) is 0 Å². The van der Waals surface area contributed by atoms with Crippen LogP contribution in [0.3, 0.4) is 0 Å². The lowest BCUT2D eigenvalue weighted by Gasteiger charge is -2.37. The van der Waals surface area contributed by atoms with E-state index in [2.05, 4.69) is 21.9 Å². The summed E-state index contributed by atoms with van der Waals surface area (Å²) in [6.45, 7) is 3.60. The monoisotopic (exact) mass is 511 g/mol. The van der Waals surface area contributed by atoms with Gasteiger partial charge in [-0.05, 0) is 29.8 Å². The van der Waals surface area contributed by atoms with Crippen LogP contribution in [0.2, 0.25) is 0 Å². The van der Waals surface area contributed by atoms with Crippen molar-refractivity contribution in [2.75, 3.05) is 37.7 Å². The van der Waals surface area contributed by atoms with Gasteiger partial charge in [0.1, 0.15) is 0 Å². The zero-order valence-corrected chi connectivity index (χ0v) is 21.0. The molecular formula is C30H29N3O5. The molecule has 0 spiro atoms. The van der Waals surface area contributed by atoms with Gasteiger partial charge in [0.2, 0.25) is 5.91 Å². The fraction of sp³-hybridized carbons (Fsp3) is 0.267. The van der Waals surface area contributed by atoms with E-state index in [0.717, 1.165) is 32.7 Å². The molecule has 0 radical (unpaired) electrons. The van der Waals surface area contributed by atoms with Crippen molar-refractivity contribution in [3.63, 3.8) is 0 Å². The number of ether oxygens (including phenoxy) is 1. The van der Waals surface area contributed by atoms with Gasteiger partial charge in [-0.2, -0.15) is 0 Å². The minimum absolute atomic E-state index is 0.142. The Kier molecular flexibility index (Phi) is 7.72. The molecule has 2 aliphatic heterocycles. The summed E-state index contributed by atoms with van der Waals surface area (Å²) in [4.78, 5) is 56.3. The van der Waals surface area contributed by atoms with E-state index in [-0.39, 0.29) is 36.2 Å². The molecule has 1 unspecified atom stereocenters. The fourth-order valence-electron chi connectivity index (χ4n) is 4.92. The van der Waals surface area contributed by atoms with Crippen molar-refractivity contribution in [2.24, 2.45) is 0 Å². The van der Waals surface area contributed by atoms with E-state index in [4.69, 9.17) is 4.74 Å². The van der Waals surface area contributed by atoms with Gasteiger partial charge >= 0.3 is 5.97 Å². The van der Waals surface area contributed by atoms with Gasteiger partial charge in [-0.15, -0.1) is 0 Å². The third-order valence-electron chi connectivity index (χ3n) is 7.01. The van der Waals surface area contributed by atoms with Gasteiger partial charge in [0, 0.05) is 38.3 Å². The predicted octanol–water partition coefficient (Wildman–Crippen LogP) is 3.18. The molecule has 0 aliphatic carbocycles. The largest absolute Gasteiger partial charge is 0.454 e. The van der Waals surface area contributed by atoms with Gasteiger partial charge in [0.25, 0.3) is 5.91 Å². The van der Waals surface area contributed by atoms with E-state index >= 15 is 0 Å². The summed E-state index contributed by atoms with van der Waals surface area (Å²) in [6, 6.07) is 24.5. The molecule has 2 fully saturated rings. The van der Waals surface area contributed by atoms with Crippen molar-refractivity contribution in [3.05, 3.63) is 102 Å². The molecule has 0 bridgehead atoms. The minimum atomic E-state index is -0.647.